The molecule has 0 aliphatic rings. The summed E-state index contributed by atoms with van der Waals surface area (Å²) in [6.45, 7) is 2.53. The topological polar surface area (TPSA) is 40.5 Å². The molecular formula is C7H18O2. The van der Waals surface area contributed by atoms with Gasteiger partial charge in [-0.1, -0.05) is 26.2 Å². The van der Waals surface area contributed by atoms with Crippen LogP contribution in [0, 0.1) is 0 Å². The lowest BCUT2D eigenvalue weighted by Gasteiger charge is -1.90. The van der Waals surface area contributed by atoms with E-state index >= 15 is 0 Å². The summed E-state index contributed by atoms with van der Waals surface area (Å²) in [4.78, 5) is 0. The van der Waals surface area contributed by atoms with Gasteiger partial charge in [0.15, 0.2) is 0 Å². The van der Waals surface area contributed by atoms with Crippen molar-refractivity contribution in [2.45, 2.75) is 32.6 Å². The van der Waals surface area contributed by atoms with Crippen LogP contribution in [0.5, 0.6) is 0 Å². The average molecular weight is 134 g/mol. The molecule has 0 saturated carbocycles. The van der Waals surface area contributed by atoms with Gasteiger partial charge in [0, 0.05) is 13.7 Å². The Morgan fingerprint density at radius 3 is 1.89 bits per heavy atom. The Bertz CT molecular complexity index is 26.1. The second-order valence-electron chi connectivity index (χ2n) is 1.78. The van der Waals surface area contributed by atoms with E-state index in [1.807, 2.05) is 0 Å². The highest BCUT2D eigenvalue weighted by Crippen LogP contribution is 1.95. The molecule has 2 heteroatoms. The average Bonchev–Trinajstić information content (AvgIpc) is 1.94. The Labute approximate surface area is 57.5 Å². The van der Waals surface area contributed by atoms with Crippen molar-refractivity contribution in [1.82, 2.24) is 0 Å². The molecule has 0 bridgehead atoms. The molecule has 2 nitrogen and oxygen atoms in total. The van der Waals surface area contributed by atoms with Gasteiger partial charge in [0.05, 0.1) is 0 Å². The van der Waals surface area contributed by atoms with Gasteiger partial charge in [-0.3, -0.25) is 0 Å². The van der Waals surface area contributed by atoms with E-state index in [0.717, 1.165) is 13.5 Å². The van der Waals surface area contributed by atoms with E-state index in [2.05, 4.69) is 6.92 Å². The largest absolute Gasteiger partial charge is 0.400 e. The van der Waals surface area contributed by atoms with Crippen LogP contribution in [0.25, 0.3) is 0 Å². The van der Waals surface area contributed by atoms with Crippen molar-refractivity contribution in [1.29, 1.82) is 0 Å². The summed E-state index contributed by atoms with van der Waals surface area (Å²) in [6.07, 6.45) is 4.68. The monoisotopic (exact) mass is 134 g/mol. The second-order valence-corrected chi connectivity index (χ2v) is 1.78. The number of hydrogen-bond acceptors (Lipinski definition) is 2. The molecule has 0 rings (SSSR count). The first-order valence-corrected chi connectivity index (χ1v) is 3.47. The van der Waals surface area contributed by atoms with Crippen molar-refractivity contribution < 1.29 is 10.2 Å². The van der Waals surface area contributed by atoms with Crippen molar-refractivity contribution in [2.24, 2.45) is 0 Å². The van der Waals surface area contributed by atoms with Gasteiger partial charge in [-0.05, 0) is 6.42 Å². The van der Waals surface area contributed by atoms with Crippen LogP contribution in [0.4, 0.5) is 0 Å². The van der Waals surface area contributed by atoms with Gasteiger partial charge in [0.1, 0.15) is 0 Å². The van der Waals surface area contributed by atoms with E-state index < -0.39 is 0 Å². The Balaban J connectivity index is 0. The summed E-state index contributed by atoms with van der Waals surface area (Å²) >= 11 is 0. The van der Waals surface area contributed by atoms with Crippen molar-refractivity contribution in [3.05, 3.63) is 0 Å². The predicted molar refractivity (Wildman–Crippen MR) is 39.4 cm³/mol. The van der Waals surface area contributed by atoms with E-state index in [1.165, 1.54) is 19.3 Å². The molecule has 0 spiro atoms. The molecule has 0 aliphatic carbocycles. The van der Waals surface area contributed by atoms with Gasteiger partial charge in [0.25, 0.3) is 0 Å². The zero-order valence-corrected chi connectivity index (χ0v) is 6.43. The van der Waals surface area contributed by atoms with Crippen LogP contribution in [0.15, 0.2) is 0 Å². The molecule has 2 N–H and O–H groups in total. The minimum absolute atomic E-state index is 0.361. The third kappa shape index (κ3) is 18.1. The molecule has 0 aliphatic heterocycles. The first-order valence-electron chi connectivity index (χ1n) is 3.47. The lowest BCUT2D eigenvalue weighted by Crippen LogP contribution is -1.80. The highest BCUT2D eigenvalue weighted by atomic mass is 16.3. The number of aliphatic hydroxyl groups is 2. The maximum atomic E-state index is 8.29. The molecule has 0 atom stereocenters. The molecule has 0 fully saturated rings. The summed E-state index contributed by atoms with van der Waals surface area (Å²) in [5.74, 6) is 0. The zero-order chi connectivity index (χ0) is 7.54. The van der Waals surface area contributed by atoms with Gasteiger partial charge in [-0.25, -0.2) is 0 Å². The third-order valence-electron chi connectivity index (χ3n) is 1.01. The fourth-order valence-electron chi connectivity index (χ4n) is 0.539. The van der Waals surface area contributed by atoms with Crippen LogP contribution in [-0.4, -0.2) is 23.9 Å². The summed E-state index contributed by atoms with van der Waals surface area (Å²) in [5.41, 5.74) is 0. The Hall–Kier alpha value is -0.0800. The van der Waals surface area contributed by atoms with E-state index in [4.69, 9.17) is 10.2 Å². The van der Waals surface area contributed by atoms with Crippen molar-refractivity contribution in [2.75, 3.05) is 13.7 Å². The van der Waals surface area contributed by atoms with Crippen LogP contribution >= 0.6 is 0 Å². The third-order valence-corrected chi connectivity index (χ3v) is 1.01. The van der Waals surface area contributed by atoms with Gasteiger partial charge in [-0.15, -0.1) is 0 Å². The zero-order valence-electron chi connectivity index (χ0n) is 6.43. The van der Waals surface area contributed by atoms with E-state index in [9.17, 15) is 0 Å². The maximum absolute atomic E-state index is 8.29. The molecule has 58 valence electrons. The van der Waals surface area contributed by atoms with Gasteiger partial charge < -0.3 is 10.2 Å². The van der Waals surface area contributed by atoms with E-state index in [0.29, 0.717) is 6.61 Å². The Morgan fingerprint density at radius 2 is 1.56 bits per heavy atom. The van der Waals surface area contributed by atoms with Crippen LogP contribution in [-0.2, 0) is 0 Å². The van der Waals surface area contributed by atoms with Crippen molar-refractivity contribution in [3.63, 3.8) is 0 Å². The summed E-state index contributed by atoms with van der Waals surface area (Å²) in [7, 11) is 1.00. The standard InChI is InChI=1S/C6H14O.CH4O/c1-2-3-4-5-6-7;1-2/h7H,2-6H2,1H3;2H,1H3. The summed E-state index contributed by atoms with van der Waals surface area (Å²) in [6, 6.07) is 0. The van der Waals surface area contributed by atoms with Crippen molar-refractivity contribution in [3.8, 4) is 0 Å². The maximum Gasteiger partial charge on any atom is 0.0431 e. The fourth-order valence-corrected chi connectivity index (χ4v) is 0.539. The van der Waals surface area contributed by atoms with Crippen LogP contribution in [0.2, 0.25) is 0 Å². The van der Waals surface area contributed by atoms with Crippen LogP contribution in [0.3, 0.4) is 0 Å². The fraction of sp³-hybridized carbons (Fsp3) is 1.00. The molecule has 0 amide bonds. The molecule has 0 radical (unpaired) electrons. The molecular weight excluding hydrogens is 116 g/mol. The summed E-state index contributed by atoms with van der Waals surface area (Å²) < 4.78 is 0. The SMILES string of the molecule is CCCCCCO.CO. The first-order chi connectivity index (χ1) is 4.41. The van der Waals surface area contributed by atoms with Gasteiger partial charge >= 0.3 is 0 Å². The molecule has 0 aromatic heterocycles. The number of hydrogen-bond donors (Lipinski definition) is 2. The number of aliphatic hydroxyl groups excluding tert-OH is 2. The highest BCUT2D eigenvalue weighted by Gasteiger charge is 1.80. The van der Waals surface area contributed by atoms with Crippen LogP contribution < -0.4 is 0 Å². The van der Waals surface area contributed by atoms with Gasteiger partial charge in [-0.2, -0.15) is 0 Å². The summed E-state index contributed by atoms with van der Waals surface area (Å²) in [5, 5.41) is 15.3. The van der Waals surface area contributed by atoms with E-state index in [-0.39, 0.29) is 0 Å². The Morgan fingerprint density at radius 1 is 1.00 bits per heavy atom. The minimum atomic E-state index is 0.361. The normalized spacial score (nSPS) is 8.00. The van der Waals surface area contributed by atoms with E-state index in [1.54, 1.807) is 0 Å². The molecule has 0 aromatic carbocycles. The number of rotatable bonds is 4. The predicted octanol–water partition coefficient (Wildman–Crippen LogP) is 1.17. The lowest BCUT2D eigenvalue weighted by atomic mass is 10.2. The molecule has 0 heterocycles. The molecule has 0 aromatic rings. The minimum Gasteiger partial charge on any atom is -0.400 e. The molecule has 0 unspecified atom stereocenters. The lowest BCUT2D eigenvalue weighted by molar-refractivity contribution is 0.283. The molecule has 0 saturated heterocycles. The number of unbranched alkanes of at least 4 members (excludes halogenated alkanes) is 3. The highest BCUT2D eigenvalue weighted by molar-refractivity contribution is 4.35. The molecule has 9 heavy (non-hydrogen) atoms. The quantitative estimate of drug-likeness (QED) is 0.566. The van der Waals surface area contributed by atoms with Gasteiger partial charge in [0.2, 0.25) is 0 Å². The Kier molecular flexibility index (Phi) is 20.3. The smallest absolute Gasteiger partial charge is 0.0431 e. The van der Waals surface area contributed by atoms with Crippen LogP contribution in [0.1, 0.15) is 32.6 Å². The second kappa shape index (κ2) is 15.7. The first kappa shape index (κ1) is 11.7. The van der Waals surface area contributed by atoms with Crippen molar-refractivity contribution >= 4 is 0 Å².